The van der Waals surface area contributed by atoms with Crippen LogP contribution in [0.3, 0.4) is 0 Å². The highest BCUT2D eigenvalue weighted by Gasteiger charge is 2.51. The van der Waals surface area contributed by atoms with Crippen molar-refractivity contribution in [2.75, 3.05) is 13.1 Å². The number of benzene rings is 1. The van der Waals surface area contributed by atoms with Gasteiger partial charge in [-0.05, 0) is 38.2 Å². The Labute approximate surface area is 212 Å². The van der Waals surface area contributed by atoms with E-state index in [0.29, 0.717) is 17.8 Å². The molecule has 1 aliphatic carbocycles. The van der Waals surface area contributed by atoms with E-state index in [9.17, 15) is 9.59 Å². The molecule has 4 heterocycles. The molecule has 2 amide bonds. The summed E-state index contributed by atoms with van der Waals surface area (Å²) in [6.45, 7) is 5.15. The average Bonchev–Trinajstić information content (AvgIpc) is 3.49. The Bertz CT molecular complexity index is 1230. The standard InChI is InChI=1S/C29H36N4O3/c1-29(28(35)30-22-10-6-3-7-11-22)20-32-24-14-17-36-26(24)18-25(32)27(34)33(29)23-12-15-31(16-13-23)19-21-8-4-2-5-9-21/h2,4-5,8-9,14,17-18,22-23H,3,6-7,10-13,15-16,19-20H2,1H3,(H,30,35)/t29-/m1/s1. The van der Waals surface area contributed by atoms with Gasteiger partial charge in [0.15, 0.2) is 5.58 Å². The van der Waals surface area contributed by atoms with Gasteiger partial charge in [-0.3, -0.25) is 14.5 Å². The molecule has 7 heteroatoms. The molecular weight excluding hydrogens is 452 g/mol. The number of furan rings is 1. The van der Waals surface area contributed by atoms with E-state index in [1.54, 1.807) is 6.26 Å². The van der Waals surface area contributed by atoms with Gasteiger partial charge in [-0.2, -0.15) is 0 Å². The lowest BCUT2D eigenvalue weighted by atomic mass is 9.88. The Kier molecular flexibility index (Phi) is 6.12. The first kappa shape index (κ1) is 23.3. The van der Waals surface area contributed by atoms with E-state index in [0.717, 1.165) is 63.7 Å². The quantitative estimate of drug-likeness (QED) is 0.572. The monoisotopic (exact) mass is 488 g/mol. The predicted octanol–water partition coefficient (Wildman–Crippen LogP) is 4.56. The van der Waals surface area contributed by atoms with Crippen LogP contribution in [0.2, 0.25) is 0 Å². The SMILES string of the molecule is C[C@]1(C(=O)NC2CCCCC2)Cn2c(cc3occc32)C(=O)N1C1CCN(Cc2ccccc2)CC1. The van der Waals surface area contributed by atoms with Crippen LogP contribution in [0.5, 0.6) is 0 Å². The van der Waals surface area contributed by atoms with Crippen LogP contribution >= 0.6 is 0 Å². The zero-order chi connectivity index (χ0) is 24.7. The van der Waals surface area contributed by atoms with Gasteiger partial charge in [-0.25, -0.2) is 0 Å². The number of rotatable bonds is 5. The number of likely N-dealkylation sites (tertiary alicyclic amines) is 1. The van der Waals surface area contributed by atoms with Crippen LogP contribution in [-0.4, -0.2) is 56.9 Å². The van der Waals surface area contributed by atoms with Crippen molar-refractivity contribution in [2.24, 2.45) is 0 Å². The minimum atomic E-state index is -0.947. The van der Waals surface area contributed by atoms with E-state index in [-0.39, 0.29) is 23.9 Å². The summed E-state index contributed by atoms with van der Waals surface area (Å²) >= 11 is 0. The largest absolute Gasteiger partial charge is 0.463 e. The molecule has 0 spiro atoms. The normalized spacial score (nSPS) is 24.2. The van der Waals surface area contributed by atoms with Crippen LogP contribution in [0.25, 0.3) is 11.1 Å². The van der Waals surface area contributed by atoms with Crippen LogP contribution < -0.4 is 5.32 Å². The molecule has 7 nitrogen and oxygen atoms in total. The van der Waals surface area contributed by atoms with Gasteiger partial charge < -0.3 is 19.2 Å². The number of carbonyl (C=O) groups is 2. The van der Waals surface area contributed by atoms with Crippen molar-refractivity contribution in [3.63, 3.8) is 0 Å². The molecule has 1 aromatic carbocycles. The number of nitrogens with one attached hydrogen (secondary N) is 1. The van der Waals surface area contributed by atoms with Gasteiger partial charge >= 0.3 is 0 Å². The number of nitrogens with zero attached hydrogens (tertiary/aromatic N) is 3. The molecule has 1 atom stereocenters. The first-order valence-electron chi connectivity index (χ1n) is 13.5. The van der Waals surface area contributed by atoms with E-state index >= 15 is 0 Å². The first-order chi connectivity index (χ1) is 17.5. The Morgan fingerprint density at radius 1 is 1.06 bits per heavy atom. The summed E-state index contributed by atoms with van der Waals surface area (Å²) in [5.74, 6) is -0.0825. The molecule has 1 saturated carbocycles. The zero-order valence-corrected chi connectivity index (χ0v) is 21.1. The fraction of sp³-hybridized carbons (Fsp3) is 0.517. The summed E-state index contributed by atoms with van der Waals surface area (Å²) in [4.78, 5) is 32.4. The van der Waals surface area contributed by atoms with Crippen molar-refractivity contribution in [3.05, 3.63) is 60.0 Å². The van der Waals surface area contributed by atoms with E-state index in [1.807, 2.05) is 34.6 Å². The van der Waals surface area contributed by atoms with Gasteiger partial charge in [-0.15, -0.1) is 0 Å². The molecule has 6 rings (SSSR count). The number of piperidine rings is 1. The fourth-order valence-corrected chi connectivity index (χ4v) is 6.57. The molecule has 2 fully saturated rings. The van der Waals surface area contributed by atoms with E-state index < -0.39 is 5.54 Å². The predicted molar refractivity (Wildman–Crippen MR) is 139 cm³/mol. The molecule has 2 aliphatic heterocycles. The highest BCUT2D eigenvalue weighted by atomic mass is 16.3. The summed E-state index contributed by atoms with van der Waals surface area (Å²) in [7, 11) is 0. The van der Waals surface area contributed by atoms with Gasteiger partial charge in [0.25, 0.3) is 5.91 Å². The molecule has 3 aliphatic rings. The lowest BCUT2D eigenvalue weighted by molar-refractivity contribution is -0.136. The van der Waals surface area contributed by atoms with Crippen molar-refractivity contribution in [1.82, 2.24) is 19.7 Å². The molecule has 190 valence electrons. The number of amides is 2. The van der Waals surface area contributed by atoms with Crippen molar-refractivity contribution in [1.29, 1.82) is 0 Å². The molecule has 2 aromatic heterocycles. The third-order valence-electron chi connectivity index (χ3n) is 8.56. The van der Waals surface area contributed by atoms with Gasteiger partial charge in [0.05, 0.1) is 18.3 Å². The molecule has 1 saturated heterocycles. The Morgan fingerprint density at radius 3 is 2.56 bits per heavy atom. The summed E-state index contributed by atoms with van der Waals surface area (Å²) in [5.41, 5.74) is 2.57. The van der Waals surface area contributed by atoms with Gasteiger partial charge in [0.2, 0.25) is 5.91 Å². The smallest absolute Gasteiger partial charge is 0.271 e. The van der Waals surface area contributed by atoms with E-state index in [1.165, 1.54) is 12.0 Å². The van der Waals surface area contributed by atoms with Crippen molar-refractivity contribution >= 4 is 22.9 Å². The Balaban J connectivity index is 1.26. The number of hydrogen-bond acceptors (Lipinski definition) is 4. The third-order valence-corrected chi connectivity index (χ3v) is 8.56. The topological polar surface area (TPSA) is 70.7 Å². The minimum Gasteiger partial charge on any atom is -0.463 e. The van der Waals surface area contributed by atoms with Crippen LogP contribution in [0.15, 0.2) is 53.1 Å². The van der Waals surface area contributed by atoms with Crippen LogP contribution in [0.1, 0.15) is 67.9 Å². The van der Waals surface area contributed by atoms with Crippen LogP contribution in [0, 0.1) is 0 Å². The van der Waals surface area contributed by atoms with Crippen molar-refractivity contribution < 1.29 is 14.0 Å². The fourth-order valence-electron chi connectivity index (χ4n) is 6.57. The lowest BCUT2D eigenvalue weighted by Crippen LogP contribution is -2.68. The number of aromatic nitrogens is 1. The summed E-state index contributed by atoms with van der Waals surface area (Å²) in [5, 5.41) is 3.35. The maximum absolute atomic E-state index is 14.0. The second-order valence-corrected chi connectivity index (χ2v) is 11.0. The molecule has 3 aromatic rings. The zero-order valence-electron chi connectivity index (χ0n) is 21.1. The maximum atomic E-state index is 14.0. The van der Waals surface area contributed by atoms with Crippen molar-refractivity contribution in [3.8, 4) is 0 Å². The first-order valence-corrected chi connectivity index (χ1v) is 13.5. The Hall–Kier alpha value is -3.06. The molecule has 1 N–H and O–H groups in total. The van der Waals surface area contributed by atoms with Gasteiger partial charge in [0.1, 0.15) is 11.2 Å². The summed E-state index contributed by atoms with van der Waals surface area (Å²) < 4.78 is 7.61. The minimum absolute atomic E-state index is 0.0227. The molecule has 0 bridgehead atoms. The van der Waals surface area contributed by atoms with E-state index in [2.05, 4.69) is 34.5 Å². The second kappa shape index (κ2) is 9.43. The van der Waals surface area contributed by atoms with E-state index in [4.69, 9.17) is 4.42 Å². The summed E-state index contributed by atoms with van der Waals surface area (Å²) in [6, 6.07) is 14.5. The maximum Gasteiger partial charge on any atom is 0.271 e. The number of fused-ring (bicyclic) bond motifs is 3. The number of hydrogen-bond donors (Lipinski definition) is 1. The lowest BCUT2D eigenvalue weighted by Gasteiger charge is -2.50. The van der Waals surface area contributed by atoms with Gasteiger partial charge in [-0.1, -0.05) is 49.6 Å². The highest BCUT2D eigenvalue weighted by molar-refractivity contribution is 6.03. The third kappa shape index (κ3) is 4.13. The number of carbonyl (C=O) groups excluding carboxylic acids is 2. The molecule has 0 unspecified atom stereocenters. The summed E-state index contributed by atoms with van der Waals surface area (Å²) in [6.07, 6.45) is 8.97. The molecule has 0 radical (unpaired) electrons. The average molecular weight is 489 g/mol. The molecule has 36 heavy (non-hydrogen) atoms. The molecular formula is C29H36N4O3. The highest BCUT2D eigenvalue weighted by Crippen LogP contribution is 2.37. The Morgan fingerprint density at radius 2 is 1.81 bits per heavy atom. The van der Waals surface area contributed by atoms with Gasteiger partial charge in [0, 0.05) is 43.9 Å². The van der Waals surface area contributed by atoms with Crippen molar-refractivity contribution in [2.45, 2.75) is 82.6 Å². The van der Waals surface area contributed by atoms with Crippen LogP contribution in [0.4, 0.5) is 0 Å². The van der Waals surface area contributed by atoms with Crippen LogP contribution in [-0.2, 0) is 17.9 Å². The second-order valence-electron chi connectivity index (χ2n) is 11.0.